The standard InChI is InChI=1S/C8H13N3O3/c1-6(2)14-9-5-7(12)10-11-4-3-8(11)13/h5-6H,3-4H2,1-2H3,(H,10,12). The molecular formula is C8H13N3O3. The van der Waals surface area contributed by atoms with E-state index in [4.69, 9.17) is 4.84 Å². The lowest BCUT2D eigenvalue weighted by molar-refractivity contribution is -0.148. The van der Waals surface area contributed by atoms with Gasteiger partial charge in [-0.25, -0.2) is 0 Å². The number of hydrogen-bond acceptors (Lipinski definition) is 4. The Kier molecular flexibility index (Phi) is 3.44. The molecule has 0 unspecified atom stereocenters. The van der Waals surface area contributed by atoms with Crippen molar-refractivity contribution in [3.05, 3.63) is 0 Å². The van der Waals surface area contributed by atoms with Gasteiger partial charge in [-0.05, 0) is 13.8 Å². The molecule has 1 saturated heterocycles. The molecule has 78 valence electrons. The van der Waals surface area contributed by atoms with E-state index in [9.17, 15) is 9.59 Å². The zero-order chi connectivity index (χ0) is 10.6. The normalized spacial score (nSPS) is 15.9. The maximum absolute atomic E-state index is 11.0. The van der Waals surface area contributed by atoms with E-state index in [-0.39, 0.29) is 12.0 Å². The molecule has 1 rings (SSSR count). The van der Waals surface area contributed by atoms with Crippen molar-refractivity contribution in [1.82, 2.24) is 10.4 Å². The van der Waals surface area contributed by atoms with Crippen molar-refractivity contribution in [2.24, 2.45) is 5.16 Å². The molecule has 0 radical (unpaired) electrons. The van der Waals surface area contributed by atoms with E-state index in [1.54, 1.807) is 13.8 Å². The maximum atomic E-state index is 11.0. The second-order valence-electron chi connectivity index (χ2n) is 3.16. The number of nitrogens with zero attached hydrogens (tertiary/aromatic N) is 2. The molecule has 1 fully saturated rings. The molecule has 6 nitrogen and oxygen atoms in total. The molecule has 0 aromatic rings. The smallest absolute Gasteiger partial charge is 0.284 e. The molecule has 1 N–H and O–H groups in total. The molecule has 0 atom stereocenters. The third-order valence-electron chi connectivity index (χ3n) is 1.54. The minimum absolute atomic E-state index is 0.0651. The third-order valence-corrected chi connectivity index (χ3v) is 1.54. The number of oxime groups is 1. The van der Waals surface area contributed by atoms with E-state index >= 15 is 0 Å². The van der Waals surface area contributed by atoms with Crippen molar-refractivity contribution in [2.75, 3.05) is 6.54 Å². The molecule has 2 amide bonds. The molecule has 0 aliphatic carbocycles. The molecule has 0 bridgehead atoms. The van der Waals surface area contributed by atoms with E-state index in [0.717, 1.165) is 6.21 Å². The first-order valence-electron chi connectivity index (χ1n) is 4.40. The summed E-state index contributed by atoms with van der Waals surface area (Å²) in [6.45, 7) is 4.16. The average Bonchev–Trinajstić information content (AvgIpc) is 2.11. The summed E-state index contributed by atoms with van der Waals surface area (Å²) in [5, 5.41) is 4.67. The number of amides is 2. The zero-order valence-electron chi connectivity index (χ0n) is 8.19. The van der Waals surface area contributed by atoms with Gasteiger partial charge in [0.25, 0.3) is 5.91 Å². The predicted molar refractivity (Wildman–Crippen MR) is 49.2 cm³/mol. The van der Waals surface area contributed by atoms with E-state index in [2.05, 4.69) is 10.6 Å². The number of β-lactam (4-membered cyclic amide) rings is 1. The zero-order valence-corrected chi connectivity index (χ0v) is 8.19. The summed E-state index contributed by atoms with van der Waals surface area (Å²) in [6.07, 6.45) is 1.43. The van der Waals surface area contributed by atoms with Crippen LogP contribution in [0.2, 0.25) is 0 Å². The topological polar surface area (TPSA) is 71.0 Å². The van der Waals surface area contributed by atoms with E-state index in [1.807, 2.05) is 0 Å². The highest BCUT2D eigenvalue weighted by atomic mass is 16.6. The highest BCUT2D eigenvalue weighted by Crippen LogP contribution is 2.02. The molecule has 1 aliphatic heterocycles. The van der Waals surface area contributed by atoms with Gasteiger partial charge in [-0.2, -0.15) is 0 Å². The Bertz CT molecular complexity index is 263. The molecule has 1 heterocycles. The van der Waals surface area contributed by atoms with Crippen molar-refractivity contribution >= 4 is 18.0 Å². The number of hydrogen-bond donors (Lipinski definition) is 1. The molecule has 6 heteroatoms. The summed E-state index contributed by atoms with van der Waals surface area (Å²) in [7, 11) is 0. The minimum Gasteiger partial charge on any atom is -0.393 e. The summed E-state index contributed by atoms with van der Waals surface area (Å²) in [6, 6.07) is 0. The lowest BCUT2D eigenvalue weighted by Crippen LogP contribution is -2.54. The first-order valence-corrected chi connectivity index (χ1v) is 4.40. The van der Waals surface area contributed by atoms with Crippen LogP contribution in [0.1, 0.15) is 20.3 Å². The van der Waals surface area contributed by atoms with E-state index in [1.165, 1.54) is 5.01 Å². The van der Waals surface area contributed by atoms with Crippen molar-refractivity contribution in [2.45, 2.75) is 26.4 Å². The summed E-state index contributed by atoms with van der Waals surface area (Å²) < 4.78 is 0. The van der Waals surface area contributed by atoms with Gasteiger partial charge in [0, 0.05) is 6.42 Å². The van der Waals surface area contributed by atoms with Crippen LogP contribution < -0.4 is 5.43 Å². The fourth-order valence-electron chi connectivity index (χ4n) is 0.795. The van der Waals surface area contributed by atoms with Crippen LogP contribution in [0.5, 0.6) is 0 Å². The summed E-state index contributed by atoms with van der Waals surface area (Å²) in [5.41, 5.74) is 2.36. The molecule has 0 aromatic carbocycles. The van der Waals surface area contributed by atoms with Crippen LogP contribution >= 0.6 is 0 Å². The number of hydrazine groups is 1. The fraction of sp³-hybridized carbons (Fsp3) is 0.625. The van der Waals surface area contributed by atoms with E-state index in [0.29, 0.717) is 13.0 Å². The number of carbonyl (C=O) groups is 2. The number of carbonyl (C=O) groups excluding carboxylic acids is 2. The van der Waals surface area contributed by atoms with Crippen LogP contribution in [0.4, 0.5) is 0 Å². The van der Waals surface area contributed by atoms with Gasteiger partial charge in [-0.3, -0.25) is 20.0 Å². The SMILES string of the molecule is CC(C)ON=CC(=O)NN1CCC1=O. The Morgan fingerprint density at radius 3 is 2.86 bits per heavy atom. The van der Waals surface area contributed by atoms with Gasteiger partial charge in [0.2, 0.25) is 5.91 Å². The largest absolute Gasteiger partial charge is 0.393 e. The summed E-state index contributed by atoms with van der Waals surface area (Å²) >= 11 is 0. The summed E-state index contributed by atoms with van der Waals surface area (Å²) in [5.74, 6) is -0.546. The molecule has 1 aliphatic rings. The quantitative estimate of drug-likeness (QED) is 0.382. The molecule has 14 heavy (non-hydrogen) atoms. The summed E-state index contributed by atoms with van der Waals surface area (Å²) in [4.78, 5) is 26.6. The van der Waals surface area contributed by atoms with Crippen LogP contribution in [-0.2, 0) is 14.4 Å². The van der Waals surface area contributed by atoms with Gasteiger partial charge < -0.3 is 4.84 Å². The number of nitrogens with one attached hydrogen (secondary N) is 1. The Balaban J connectivity index is 2.21. The second kappa shape index (κ2) is 4.59. The number of rotatable bonds is 4. The van der Waals surface area contributed by atoms with Gasteiger partial charge in [0.05, 0.1) is 6.54 Å². The predicted octanol–water partition coefficient (Wildman–Crippen LogP) is -0.339. The van der Waals surface area contributed by atoms with Crippen molar-refractivity contribution in [3.8, 4) is 0 Å². The van der Waals surface area contributed by atoms with Gasteiger partial charge in [-0.15, -0.1) is 0 Å². The van der Waals surface area contributed by atoms with Crippen molar-refractivity contribution in [1.29, 1.82) is 0 Å². The highest BCUT2D eigenvalue weighted by molar-refractivity contribution is 6.26. The van der Waals surface area contributed by atoms with Gasteiger partial charge in [0.1, 0.15) is 12.3 Å². The lowest BCUT2D eigenvalue weighted by Gasteiger charge is -2.29. The van der Waals surface area contributed by atoms with Crippen LogP contribution in [-0.4, -0.2) is 35.7 Å². The van der Waals surface area contributed by atoms with Gasteiger partial charge in [-0.1, -0.05) is 5.16 Å². The van der Waals surface area contributed by atoms with Gasteiger partial charge >= 0.3 is 0 Å². The molecular weight excluding hydrogens is 186 g/mol. The monoisotopic (exact) mass is 199 g/mol. The fourth-order valence-corrected chi connectivity index (χ4v) is 0.795. The van der Waals surface area contributed by atoms with E-state index < -0.39 is 5.91 Å². The minimum atomic E-state index is -0.460. The first kappa shape index (κ1) is 10.5. The average molecular weight is 199 g/mol. The lowest BCUT2D eigenvalue weighted by atomic mass is 10.2. The first-order chi connectivity index (χ1) is 6.59. The molecule has 0 spiro atoms. The Labute approximate surface area is 81.9 Å². The van der Waals surface area contributed by atoms with Crippen LogP contribution in [0.15, 0.2) is 5.16 Å². The Morgan fingerprint density at radius 2 is 2.43 bits per heavy atom. The van der Waals surface area contributed by atoms with Gasteiger partial charge in [0.15, 0.2) is 0 Å². The molecule has 0 saturated carbocycles. The molecule has 0 aromatic heterocycles. The van der Waals surface area contributed by atoms with Crippen molar-refractivity contribution in [3.63, 3.8) is 0 Å². The maximum Gasteiger partial charge on any atom is 0.284 e. The Morgan fingerprint density at radius 1 is 1.71 bits per heavy atom. The Hall–Kier alpha value is -1.59. The van der Waals surface area contributed by atoms with Crippen molar-refractivity contribution < 1.29 is 14.4 Å². The van der Waals surface area contributed by atoms with Crippen LogP contribution in [0.3, 0.4) is 0 Å². The highest BCUT2D eigenvalue weighted by Gasteiger charge is 2.24. The van der Waals surface area contributed by atoms with Crippen LogP contribution in [0, 0.1) is 0 Å². The third kappa shape index (κ3) is 3.04. The second-order valence-corrected chi connectivity index (χ2v) is 3.16. The van der Waals surface area contributed by atoms with Crippen LogP contribution in [0.25, 0.3) is 0 Å².